The zero-order chi connectivity index (χ0) is 15.4. The maximum absolute atomic E-state index is 12.2. The van der Waals surface area contributed by atoms with Gasteiger partial charge in [0, 0.05) is 25.0 Å². The molecule has 0 heterocycles. The number of carbonyl (C=O) groups excluding carboxylic acids is 1. The highest BCUT2D eigenvalue weighted by atomic mass is 35.5. The highest BCUT2D eigenvalue weighted by Crippen LogP contribution is 2.32. The van der Waals surface area contributed by atoms with E-state index in [9.17, 15) is 9.90 Å². The van der Waals surface area contributed by atoms with E-state index >= 15 is 0 Å². The summed E-state index contributed by atoms with van der Waals surface area (Å²) in [5.41, 5.74) is 1.19. The summed E-state index contributed by atoms with van der Waals surface area (Å²) >= 11 is 5.87. The van der Waals surface area contributed by atoms with Gasteiger partial charge in [0.1, 0.15) is 0 Å². The molecule has 1 aliphatic carbocycles. The van der Waals surface area contributed by atoms with Crippen molar-refractivity contribution in [2.24, 2.45) is 11.8 Å². The predicted molar refractivity (Wildman–Crippen MR) is 85.3 cm³/mol. The number of halogens is 1. The Labute approximate surface area is 131 Å². The zero-order valence-corrected chi connectivity index (χ0v) is 13.5. The third-order valence-corrected chi connectivity index (χ3v) is 4.33. The minimum absolute atomic E-state index is 0.108. The summed E-state index contributed by atoms with van der Waals surface area (Å²) in [7, 11) is 1.78. The van der Waals surface area contributed by atoms with Crippen LogP contribution in [0.2, 0.25) is 5.02 Å². The van der Waals surface area contributed by atoms with E-state index in [1.165, 1.54) is 5.56 Å². The fourth-order valence-corrected chi connectivity index (χ4v) is 2.69. The predicted octanol–water partition coefficient (Wildman–Crippen LogP) is 3.14. The number of carbonyl (C=O) groups is 1. The number of likely N-dealkylation sites (N-methyl/N-ethyl adjacent to an activating group) is 1. The van der Waals surface area contributed by atoms with Crippen LogP contribution < -0.4 is 0 Å². The van der Waals surface area contributed by atoms with Crippen LogP contribution in [0.1, 0.15) is 31.7 Å². The average Bonchev–Trinajstić information content (AvgIpc) is 3.25. The molecule has 1 aromatic rings. The van der Waals surface area contributed by atoms with E-state index in [4.69, 9.17) is 11.6 Å². The van der Waals surface area contributed by atoms with E-state index in [1.807, 2.05) is 24.3 Å². The molecule has 2 unspecified atom stereocenters. The average molecular weight is 310 g/mol. The lowest BCUT2D eigenvalue weighted by molar-refractivity contribution is -0.132. The maximum Gasteiger partial charge on any atom is 0.222 e. The van der Waals surface area contributed by atoms with E-state index in [0.717, 1.165) is 24.3 Å². The maximum atomic E-state index is 12.2. The molecule has 2 atom stereocenters. The second-order valence-electron chi connectivity index (χ2n) is 6.32. The van der Waals surface area contributed by atoms with Gasteiger partial charge in [0.2, 0.25) is 5.91 Å². The minimum atomic E-state index is -0.356. The molecular formula is C17H24ClNO2. The smallest absolute Gasteiger partial charge is 0.222 e. The fourth-order valence-electron chi connectivity index (χ4n) is 2.56. The van der Waals surface area contributed by atoms with Crippen LogP contribution in [0.4, 0.5) is 0 Å². The van der Waals surface area contributed by atoms with Gasteiger partial charge in [-0.2, -0.15) is 0 Å². The van der Waals surface area contributed by atoms with E-state index < -0.39 is 0 Å². The molecule has 0 aliphatic heterocycles. The summed E-state index contributed by atoms with van der Waals surface area (Å²) in [6.07, 6.45) is 3.20. The van der Waals surface area contributed by atoms with Crippen LogP contribution in [0.15, 0.2) is 24.3 Å². The Morgan fingerprint density at radius 2 is 2.00 bits per heavy atom. The Bertz CT molecular complexity index is 470. The van der Waals surface area contributed by atoms with Gasteiger partial charge in [-0.05, 0) is 48.8 Å². The van der Waals surface area contributed by atoms with Crippen LogP contribution in [0, 0.1) is 11.8 Å². The quantitative estimate of drug-likeness (QED) is 0.840. The number of rotatable bonds is 7. The molecule has 1 saturated carbocycles. The third kappa shape index (κ3) is 5.33. The second kappa shape index (κ2) is 7.28. The lowest BCUT2D eigenvalue weighted by atomic mass is 9.97. The first-order chi connectivity index (χ1) is 9.95. The molecule has 1 aromatic carbocycles. The number of aliphatic hydroxyl groups is 1. The molecular weight excluding hydrogens is 286 g/mol. The van der Waals surface area contributed by atoms with Gasteiger partial charge in [-0.3, -0.25) is 4.79 Å². The van der Waals surface area contributed by atoms with Gasteiger partial charge >= 0.3 is 0 Å². The van der Waals surface area contributed by atoms with E-state index in [2.05, 4.69) is 6.92 Å². The van der Waals surface area contributed by atoms with Crippen molar-refractivity contribution in [1.29, 1.82) is 0 Å². The molecule has 1 amide bonds. The molecule has 0 aromatic heterocycles. The molecule has 1 aliphatic rings. The van der Waals surface area contributed by atoms with Crippen molar-refractivity contribution in [2.45, 2.75) is 38.7 Å². The number of amides is 1. The highest BCUT2D eigenvalue weighted by Gasteiger charge is 2.31. The minimum Gasteiger partial charge on any atom is -0.391 e. The van der Waals surface area contributed by atoms with Crippen LogP contribution in [0.3, 0.4) is 0 Å². The number of hydrogen-bond donors (Lipinski definition) is 1. The standard InChI is InChI=1S/C17H24ClNO2/c1-12(9-13-3-7-15(18)8-4-13)10-17(21)19(2)11-16(20)14-5-6-14/h3-4,7-8,12,14,16,20H,5-6,9-11H2,1-2H3. The summed E-state index contributed by atoms with van der Waals surface area (Å²) in [6, 6.07) is 7.76. The van der Waals surface area contributed by atoms with E-state index in [0.29, 0.717) is 18.9 Å². The van der Waals surface area contributed by atoms with Crippen molar-refractivity contribution in [3.05, 3.63) is 34.9 Å². The molecule has 0 bridgehead atoms. The molecule has 1 fully saturated rings. The molecule has 4 heteroatoms. The zero-order valence-electron chi connectivity index (χ0n) is 12.8. The lowest BCUT2D eigenvalue weighted by Gasteiger charge is -2.22. The van der Waals surface area contributed by atoms with Crippen molar-refractivity contribution in [3.8, 4) is 0 Å². The Morgan fingerprint density at radius 1 is 1.38 bits per heavy atom. The molecule has 3 nitrogen and oxygen atoms in total. The van der Waals surface area contributed by atoms with E-state index in [-0.39, 0.29) is 17.9 Å². The van der Waals surface area contributed by atoms with Crippen molar-refractivity contribution in [2.75, 3.05) is 13.6 Å². The van der Waals surface area contributed by atoms with Gasteiger partial charge in [-0.1, -0.05) is 30.7 Å². The van der Waals surface area contributed by atoms with Crippen LogP contribution in [-0.4, -0.2) is 35.6 Å². The summed E-state index contributed by atoms with van der Waals surface area (Å²) in [5, 5.41) is 10.6. The summed E-state index contributed by atoms with van der Waals surface area (Å²) < 4.78 is 0. The van der Waals surface area contributed by atoms with Gasteiger partial charge in [-0.15, -0.1) is 0 Å². The van der Waals surface area contributed by atoms with Crippen molar-refractivity contribution < 1.29 is 9.90 Å². The van der Waals surface area contributed by atoms with Gasteiger partial charge in [0.25, 0.3) is 0 Å². The highest BCUT2D eigenvalue weighted by molar-refractivity contribution is 6.30. The molecule has 2 rings (SSSR count). The SMILES string of the molecule is CC(CC(=O)N(C)CC(O)C1CC1)Cc1ccc(Cl)cc1. The molecule has 116 valence electrons. The van der Waals surface area contributed by atoms with Crippen LogP contribution >= 0.6 is 11.6 Å². The first-order valence-corrected chi connectivity index (χ1v) is 8.00. The third-order valence-electron chi connectivity index (χ3n) is 4.07. The Kier molecular flexibility index (Phi) is 5.65. The van der Waals surface area contributed by atoms with Crippen molar-refractivity contribution in [3.63, 3.8) is 0 Å². The normalized spacial score (nSPS) is 17.3. The second-order valence-corrected chi connectivity index (χ2v) is 6.76. The van der Waals surface area contributed by atoms with Crippen LogP contribution in [0.25, 0.3) is 0 Å². The summed E-state index contributed by atoms with van der Waals surface area (Å²) in [4.78, 5) is 13.8. The molecule has 1 N–H and O–H groups in total. The van der Waals surface area contributed by atoms with Crippen LogP contribution in [0.5, 0.6) is 0 Å². The van der Waals surface area contributed by atoms with Gasteiger partial charge in [-0.25, -0.2) is 0 Å². The van der Waals surface area contributed by atoms with Crippen molar-refractivity contribution >= 4 is 17.5 Å². The molecule has 21 heavy (non-hydrogen) atoms. The molecule has 0 saturated heterocycles. The van der Waals surface area contributed by atoms with Gasteiger partial charge in [0.15, 0.2) is 0 Å². The largest absolute Gasteiger partial charge is 0.391 e. The summed E-state index contributed by atoms with van der Waals surface area (Å²) in [5.74, 6) is 0.794. The number of nitrogens with zero attached hydrogens (tertiary/aromatic N) is 1. The topological polar surface area (TPSA) is 40.5 Å². The lowest BCUT2D eigenvalue weighted by Crippen LogP contribution is -2.36. The first kappa shape index (κ1) is 16.3. The van der Waals surface area contributed by atoms with Gasteiger partial charge in [0.05, 0.1) is 6.10 Å². The fraction of sp³-hybridized carbons (Fsp3) is 0.588. The first-order valence-electron chi connectivity index (χ1n) is 7.62. The van der Waals surface area contributed by atoms with Gasteiger partial charge < -0.3 is 10.0 Å². The van der Waals surface area contributed by atoms with Crippen molar-refractivity contribution in [1.82, 2.24) is 4.90 Å². The van der Waals surface area contributed by atoms with E-state index in [1.54, 1.807) is 11.9 Å². The number of benzene rings is 1. The monoisotopic (exact) mass is 309 g/mol. The number of aliphatic hydroxyl groups excluding tert-OH is 1. The van der Waals surface area contributed by atoms with Crippen LogP contribution in [-0.2, 0) is 11.2 Å². The number of hydrogen-bond acceptors (Lipinski definition) is 2. The Morgan fingerprint density at radius 3 is 2.57 bits per heavy atom. The Balaban J connectivity index is 1.76. The molecule has 0 spiro atoms. The summed E-state index contributed by atoms with van der Waals surface area (Å²) in [6.45, 7) is 2.54. The molecule has 0 radical (unpaired) electrons. The Hall–Kier alpha value is -1.06.